The second-order valence-electron chi connectivity index (χ2n) is 4.91. The average molecular weight is 250 g/mol. The molecule has 4 heteroatoms. The SMILES string of the molecule is COC(=O)CC(=O)c1ccc(OC(C)(C)C)cc1. The minimum absolute atomic E-state index is 0.240. The van der Waals surface area contributed by atoms with E-state index in [1.165, 1.54) is 7.11 Å². The zero-order valence-corrected chi connectivity index (χ0v) is 11.1. The van der Waals surface area contributed by atoms with E-state index in [4.69, 9.17) is 4.74 Å². The first kappa shape index (κ1) is 14.2. The number of benzene rings is 1. The number of hydrogen-bond donors (Lipinski definition) is 0. The van der Waals surface area contributed by atoms with Crippen molar-refractivity contribution in [1.29, 1.82) is 0 Å². The molecule has 0 N–H and O–H groups in total. The van der Waals surface area contributed by atoms with Gasteiger partial charge in [0.05, 0.1) is 7.11 Å². The van der Waals surface area contributed by atoms with Gasteiger partial charge in [-0.05, 0) is 45.0 Å². The number of ether oxygens (including phenoxy) is 2. The van der Waals surface area contributed by atoms with Crippen molar-refractivity contribution in [2.24, 2.45) is 0 Å². The third-order valence-electron chi connectivity index (χ3n) is 2.13. The summed E-state index contributed by atoms with van der Waals surface area (Å²) in [5, 5.41) is 0. The molecule has 0 saturated heterocycles. The minimum atomic E-state index is -0.532. The molecule has 0 saturated carbocycles. The van der Waals surface area contributed by atoms with Gasteiger partial charge < -0.3 is 9.47 Å². The van der Waals surface area contributed by atoms with E-state index >= 15 is 0 Å². The summed E-state index contributed by atoms with van der Waals surface area (Å²) in [6.45, 7) is 5.84. The van der Waals surface area contributed by atoms with Gasteiger partial charge in [-0.2, -0.15) is 0 Å². The van der Waals surface area contributed by atoms with E-state index in [9.17, 15) is 9.59 Å². The lowest BCUT2D eigenvalue weighted by Gasteiger charge is -2.21. The highest BCUT2D eigenvalue weighted by Gasteiger charge is 2.14. The van der Waals surface area contributed by atoms with Gasteiger partial charge in [0.1, 0.15) is 17.8 Å². The van der Waals surface area contributed by atoms with Crippen LogP contribution in [-0.2, 0) is 9.53 Å². The average Bonchev–Trinajstić information content (AvgIpc) is 2.27. The Morgan fingerprint density at radius 1 is 1.11 bits per heavy atom. The largest absolute Gasteiger partial charge is 0.488 e. The summed E-state index contributed by atoms with van der Waals surface area (Å²) in [5.74, 6) is -0.101. The van der Waals surface area contributed by atoms with Gasteiger partial charge in [-0.15, -0.1) is 0 Å². The van der Waals surface area contributed by atoms with Crippen molar-refractivity contribution in [1.82, 2.24) is 0 Å². The fraction of sp³-hybridized carbons (Fsp3) is 0.429. The fourth-order valence-electron chi connectivity index (χ4n) is 1.37. The predicted octanol–water partition coefficient (Wildman–Crippen LogP) is 2.61. The monoisotopic (exact) mass is 250 g/mol. The van der Waals surface area contributed by atoms with Crippen LogP contribution in [0.15, 0.2) is 24.3 Å². The molecule has 0 aromatic heterocycles. The standard InChI is InChI=1S/C14H18O4/c1-14(2,3)18-11-7-5-10(6-8-11)12(15)9-13(16)17-4/h5-8H,9H2,1-4H3. The maximum atomic E-state index is 11.7. The van der Waals surface area contributed by atoms with E-state index in [-0.39, 0.29) is 17.8 Å². The van der Waals surface area contributed by atoms with Crippen LogP contribution >= 0.6 is 0 Å². The molecule has 0 spiro atoms. The molecule has 98 valence electrons. The third kappa shape index (κ3) is 4.57. The Kier molecular flexibility index (Phi) is 4.48. The van der Waals surface area contributed by atoms with Gasteiger partial charge in [-0.25, -0.2) is 0 Å². The Morgan fingerprint density at radius 2 is 1.67 bits per heavy atom. The van der Waals surface area contributed by atoms with Gasteiger partial charge in [-0.3, -0.25) is 9.59 Å². The van der Waals surface area contributed by atoms with Crippen LogP contribution in [0.2, 0.25) is 0 Å². The molecule has 0 fully saturated rings. The molecular formula is C14H18O4. The van der Waals surface area contributed by atoms with Gasteiger partial charge in [0.25, 0.3) is 0 Å². The van der Waals surface area contributed by atoms with Crippen molar-refractivity contribution >= 4 is 11.8 Å². The highest BCUT2D eigenvalue weighted by molar-refractivity contribution is 6.05. The number of carbonyl (C=O) groups is 2. The Balaban J connectivity index is 2.71. The van der Waals surface area contributed by atoms with E-state index < -0.39 is 5.97 Å². The smallest absolute Gasteiger partial charge is 0.313 e. The molecule has 0 aliphatic rings. The predicted molar refractivity (Wildman–Crippen MR) is 67.8 cm³/mol. The van der Waals surface area contributed by atoms with E-state index in [0.717, 1.165) is 0 Å². The molecule has 0 amide bonds. The van der Waals surface area contributed by atoms with Gasteiger partial charge in [0.15, 0.2) is 5.78 Å². The Morgan fingerprint density at radius 3 is 2.11 bits per heavy atom. The number of hydrogen-bond acceptors (Lipinski definition) is 4. The zero-order valence-electron chi connectivity index (χ0n) is 11.1. The summed E-state index contributed by atoms with van der Waals surface area (Å²) in [6.07, 6.45) is -0.240. The molecule has 1 rings (SSSR count). The zero-order chi connectivity index (χ0) is 13.8. The molecule has 1 aromatic carbocycles. The molecule has 4 nitrogen and oxygen atoms in total. The van der Waals surface area contributed by atoms with Gasteiger partial charge in [0, 0.05) is 5.56 Å². The van der Waals surface area contributed by atoms with Crippen LogP contribution in [-0.4, -0.2) is 24.5 Å². The van der Waals surface area contributed by atoms with Crippen LogP contribution < -0.4 is 4.74 Å². The van der Waals surface area contributed by atoms with Gasteiger partial charge >= 0.3 is 5.97 Å². The minimum Gasteiger partial charge on any atom is -0.488 e. The van der Waals surface area contributed by atoms with Crippen LogP contribution in [0.4, 0.5) is 0 Å². The maximum Gasteiger partial charge on any atom is 0.313 e. The first-order valence-electron chi connectivity index (χ1n) is 5.71. The molecule has 0 heterocycles. The molecule has 0 aliphatic carbocycles. The van der Waals surface area contributed by atoms with Crippen molar-refractivity contribution in [3.63, 3.8) is 0 Å². The van der Waals surface area contributed by atoms with Crippen LogP contribution in [0.25, 0.3) is 0 Å². The summed E-state index contributed by atoms with van der Waals surface area (Å²) in [7, 11) is 1.26. The van der Waals surface area contributed by atoms with Gasteiger partial charge in [-0.1, -0.05) is 0 Å². The lowest BCUT2D eigenvalue weighted by atomic mass is 10.1. The molecule has 1 aromatic rings. The van der Waals surface area contributed by atoms with Crippen LogP contribution in [0, 0.1) is 0 Å². The van der Waals surface area contributed by atoms with Crippen molar-refractivity contribution in [2.75, 3.05) is 7.11 Å². The number of methoxy groups -OCH3 is 1. The van der Waals surface area contributed by atoms with Crippen LogP contribution in [0.1, 0.15) is 37.6 Å². The Labute approximate surface area is 107 Å². The maximum absolute atomic E-state index is 11.7. The first-order chi connectivity index (χ1) is 8.31. The molecular weight excluding hydrogens is 232 g/mol. The lowest BCUT2D eigenvalue weighted by Crippen LogP contribution is -2.22. The van der Waals surface area contributed by atoms with Gasteiger partial charge in [0.2, 0.25) is 0 Å². The van der Waals surface area contributed by atoms with Crippen molar-refractivity contribution in [3.8, 4) is 5.75 Å². The third-order valence-corrected chi connectivity index (χ3v) is 2.13. The van der Waals surface area contributed by atoms with E-state index in [1.54, 1.807) is 24.3 Å². The number of esters is 1. The summed E-state index contributed by atoms with van der Waals surface area (Å²) in [5.41, 5.74) is 0.194. The number of rotatable bonds is 4. The number of Topliss-reactive ketones (excluding diaryl/α,β-unsaturated/α-hetero) is 1. The van der Waals surface area contributed by atoms with Crippen molar-refractivity contribution < 1.29 is 19.1 Å². The first-order valence-corrected chi connectivity index (χ1v) is 5.71. The van der Waals surface area contributed by atoms with E-state index in [2.05, 4.69) is 4.74 Å². The van der Waals surface area contributed by atoms with Crippen LogP contribution in [0.3, 0.4) is 0 Å². The molecule has 0 aliphatic heterocycles. The summed E-state index contributed by atoms with van der Waals surface area (Å²) < 4.78 is 10.1. The molecule has 18 heavy (non-hydrogen) atoms. The molecule has 0 atom stereocenters. The second kappa shape index (κ2) is 5.67. The summed E-state index contributed by atoms with van der Waals surface area (Å²) in [4.78, 5) is 22.7. The Hall–Kier alpha value is -1.84. The normalized spacial score (nSPS) is 10.9. The van der Waals surface area contributed by atoms with Crippen molar-refractivity contribution in [2.45, 2.75) is 32.8 Å². The Bertz CT molecular complexity index is 426. The second-order valence-corrected chi connectivity index (χ2v) is 4.91. The van der Waals surface area contributed by atoms with E-state index in [1.807, 2.05) is 20.8 Å². The van der Waals surface area contributed by atoms with Crippen molar-refractivity contribution in [3.05, 3.63) is 29.8 Å². The highest BCUT2D eigenvalue weighted by atomic mass is 16.5. The highest BCUT2D eigenvalue weighted by Crippen LogP contribution is 2.19. The fourth-order valence-corrected chi connectivity index (χ4v) is 1.37. The number of carbonyl (C=O) groups excluding carboxylic acids is 2. The molecule has 0 unspecified atom stereocenters. The molecule has 0 bridgehead atoms. The summed E-state index contributed by atoms with van der Waals surface area (Å²) in [6, 6.07) is 6.73. The quantitative estimate of drug-likeness (QED) is 0.468. The number of ketones is 1. The lowest BCUT2D eigenvalue weighted by molar-refractivity contribution is -0.139. The topological polar surface area (TPSA) is 52.6 Å². The van der Waals surface area contributed by atoms with E-state index in [0.29, 0.717) is 11.3 Å². The summed E-state index contributed by atoms with van der Waals surface area (Å²) >= 11 is 0. The molecule has 0 radical (unpaired) electrons. The van der Waals surface area contributed by atoms with Crippen LogP contribution in [0.5, 0.6) is 5.75 Å².